The molecule has 0 bridgehead atoms. The molecule has 2 aliphatic rings. The zero-order valence-corrected chi connectivity index (χ0v) is 21.7. The van der Waals surface area contributed by atoms with Crippen molar-refractivity contribution >= 4 is 59.9 Å². The van der Waals surface area contributed by atoms with Gasteiger partial charge in [0.25, 0.3) is 0 Å². The lowest BCUT2D eigenvalue weighted by molar-refractivity contribution is 1.20. The molecule has 4 heterocycles. The highest BCUT2D eigenvalue weighted by molar-refractivity contribution is 7.80. The van der Waals surface area contributed by atoms with Gasteiger partial charge in [0.05, 0.1) is 9.79 Å². The Hall–Kier alpha value is -4.61. The van der Waals surface area contributed by atoms with E-state index in [9.17, 15) is 0 Å². The zero-order valence-electron chi connectivity index (χ0n) is 19.9. The van der Waals surface area contributed by atoms with Crippen molar-refractivity contribution in [2.75, 3.05) is 22.1 Å². The number of nitrogens with two attached hydrogens (primary N) is 2. The Bertz CT molecular complexity index is 1620. The lowest BCUT2D eigenvalue weighted by Crippen LogP contribution is -1.96. The van der Waals surface area contributed by atoms with Gasteiger partial charge in [0.1, 0.15) is 29.6 Å². The first-order chi connectivity index (χ1) is 18.5. The number of benzene rings is 2. The minimum Gasteiger partial charge on any atom is -0.398 e. The van der Waals surface area contributed by atoms with E-state index in [0.717, 1.165) is 33.4 Å². The number of fused-ring (bicyclic) bond motifs is 1. The molecule has 2 aliphatic heterocycles. The van der Waals surface area contributed by atoms with E-state index in [1.807, 2.05) is 60.9 Å². The molecule has 0 atom stereocenters. The summed E-state index contributed by atoms with van der Waals surface area (Å²) in [7, 11) is 0. The van der Waals surface area contributed by atoms with E-state index in [2.05, 4.69) is 35.6 Å². The van der Waals surface area contributed by atoms with Crippen LogP contribution in [0.3, 0.4) is 0 Å². The number of rotatable bonds is 6. The van der Waals surface area contributed by atoms with Gasteiger partial charge in [0.15, 0.2) is 0 Å². The van der Waals surface area contributed by atoms with Gasteiger partial charge in [-0.2, -0.15) is 0 Å². The Balaban J connectivity index is 1.30. The molecule has 6 rings (SSSR count). The second-order valence-electron chi connectivity index (χ2n) is 8.58. The number of H-pyrrole nitrogens is 2. The van der Waals surface area contributed by atoms with E-state index in [0.29, 0.717) is 44.4 Å². The summed E-state index contributed by atoms with van der Waals surface area (Å²) in [5.74, 6) is 2.49. The average Bonchev–Trinajstić information content (AvgIpc) is 3.61. The summed E-state index contributed by atoms with van der Waals surface area (Å²) in [6.45, 7) is 0. The van der Waals surface area contributed by atoms with Crippen molar-refractivity contribution in [2.45, 2.75) is 9.79 Å². The SMILES string of the molecule is Nc1ccccc1-c1c[nH]c(Nc2ncnc(Nc3[nH]cc(-c4ccccc4N)c3S)c3cncc2-3)c1S. The van der Waals surface area contributed by atoms with Crippen LogP contribution in [0.1, 0.15) is 0 Å². The Morgan fingerprint density at radius 2 is 1.05 bits per heavy atom. The molecule has 4 aromatic rings. The number of nitrogen functional groups attached to an aromatic ring is 2. The van der Waals surface area contributed by atoms with Crippen LogP contribution in [0.5, 0.6) is 0 Å². The molecule has 0 aliphatic carbocycles. The van der Waals surface area contributed by atoms with Crippen LogP contribution >= 0.6 is 25.3 Å². The van der Waals surface area contributed by atoms with Gasteiger partial charge in [-0.15, -0.1) is 25.3 Å². The summed E-state index contributed by atoms with van der Waals surface area (Å²) in [4.78, 5) is 21.3. The first kappa shape index (κ1) is 23.8. The molecule has 0 saturated carbocycles. The maximum Gasteiger partial charge on any atom is 0.142 e. The van der Waals surface area contributed by atoms with Crippen molar-refractivity contribution in [3.05, 3.63) is 79.6 Å². The monoisotopic (exact) mass is 537 g/mol. The summed E-state index contributed by atoms with van der Waals surface area (Å²) in [5, 5.41) is 6.67. The van der Waals surface area contributed by atoms with Gasteiger partial charge in [0.2, 0.25) is 0 Å². The van der Waals surface area contributed by atoms with Gasteiger partial charge < -0.3 is 32.1 Å². The van der Waals surface area contributed by atoms with E-state index >= 15 is 0 Å². The van der Waals surface area contributed by atoms with Crippen molar-refractivity contribution in [3.63, 3.8) is 0 Å². The molecular weight excluding hydrogens is 514 g/mol. The smallest absolute Gasteiger partial charge is 0.142 e. The van der Waals surface area contributed by atoms with E-state index in [-0.39, 0.29) is 0 Å². The van der Waals surface area contributed by atoms with E-state index < -0.39 is 0 Å². The standard InChI is InChI=1S/C27H23N9S2/c28-20-7-3-1-5-14(20)16-11-31-26(22(16)37)35-24-18-9-30-10-19(18)25(34-13-33-24)36-27-23(38)17(12-32-27)15-6-2-4-8-21(15)29/h1-13,31-32,37-38H,28-29H2,(H2,33,34,35,36). The number of hydrogen-bond donors (Lipinski definition) is 8. The Kier molecular flexibility index (Phi) is 6.06. The van der Waals surface area contributed by atoms with Crippen LogP contribution in [0.15, 0.2) is 89.4 Å². The Morgan fingerprint density at radius 3 is 1.50 bits per heavy atom. The van der Waals surface area contributed by atoms with Gasteiger partial charge in [-0.25, -0.2) is 9.97 Å². The molecule has 0 spiro atoms. The summed E-state index contributed by atoms with van der Waals surface area (Å²) >= 11 is 9.49. The summed E-state index contributed by atoms with van der Waals surface area (Å²) in [6.07, 6.45) is 8.68. The van der Waals surface area contributed by atoms with Crippen molar-refractivity contribution in [3.8, 4) is 33.4 Å². The number of nitrogens with one attached hydrogen (secondary N) is 4. The molecule has 0 saturated heterocycles. The Morgan fingerprint density at radius 1 is 0.605 bits per heavy atom. The number of para-hydroxylation sites is 2. The third-order valence-corrected chi connectivity index (χ3v) is 7.20. The molecule has 2 aromatic carbocycles. The second-order valence-corrected chi connectivity index (χ2v) is 9.48. The number of aromatic amines is 2. The van der Waals surface area contributed by atoms with E-state index in [4.69, 9.17) is 36.7 Å². The van der Waals surface area contributed by atoms with Crippen LogP contribution in [0.4, 0.5) is 34.6 Å². The van der Waals surface area contributed by atoms with Crippen LogP contribution in [0, 0.1) is 0 Å². The summed E-state index contributed by atoms with van der Waals surface area (Å²) < 4.78 is 0. The maximum atomic E-state index is 6.17. The van der Waals surface area contributed by atoms with Gasteiger partial charge in [-0.05, 0) is 12.1 Å². The lowest BCUT2D eigenvalue weighted by Gasteiger charge is -2.09. The van der Waals surface area contributed by atoms with E-state index in [1.54, 1.807) is 12.4 Å². The van der Waals surface area contributed by atoms with E-state index in [1.165, 1.54) is 6.33 Å². The van der Waals surface area contributed by atoms with Crippen LogP contribution in [-0.2, 0) is 0 Å². The number of thiol groups is 2. The minimum atomic E-state index is 0.568. The molecule has 0 radical (unpaired) electrons. The number of nitrogens with zero attached hydrogens (tertiary/aromatic N) is 3. The normalized spacial score (nSPS) is 11.1. The second kappa shape index (κ2) is 9.69. The fourth-order valence-corrected chi connectivity index (χ4v) is 4.95. The molecule has 0 fully saturated rings. The van der Waals surface area contributed by atoms with Crippen molar-refractivity contribution < 1.29 is 0 Å². The van der Waals surface area contributed by atoms with Gasteiger partial charge in [0, 0.05) is 69.5 Å². The van der Waals surface area contributed by atoms with Crippen LogP contribution in [0.25, 0.3) is 33.4 Å². The van der Waals surface area contributed by atoms with Gasteiger partial charge >= 0.3 is 0 Å². The number of anilines is 6. The molecule has 11 heteroatoms. The highest BCUT2D eigenvalue weighted by atomic mass is 32.1. The first-order valence-corrected chi connectivity index (χ1v) is 12.5. The van der Waals surface area contributed by atoms with Gasteiger partial charge in [-0.3, -0.25) is 4.98 Å². The third kappa shape index (κ3) is 4.17. The average molecular weight is 538 g/mol. The van der Waals surface area contributed by atoms with Crippen molar-refractivity contribution in [2.24, 2.45) is 0 Å². The fourth-order valence-electron chi connectivity index (χ4n) is 4.34. The van der Waals surface area contributed by atoms with Crippen LogP contribution in [-0.4, -0.2) is 24.9 Å². The zero-order chi connectivity index (χ0) is 26.2. The molecule has 2 aromatic heterocycles. The highest BCUT2D eigenvalue weighted by Gasteiger charge is 2.20. The molecule has 38 heavy (non-hydrogen) atoms. The summed E-state index contributed by atoms with van der Waals surface area (Å²) in [6, 6.07) is 15.3. The predicted octanol–water partition coefficient (Wildman–Crippen LogP) is 6.20. The van der Waals surface area contributed by atoms with Crippen LogP contribution < -0.4 is 22.1 Å². The quantitative estimate of drug-likeness (QED) is 0.0933. The number of hydrogen-bond acceptors (Lipinski definition) is 9. The molecule has 9 nitrogen and oxygen atoms in total. The largest absolute Gasteiger partial charge is 0.398 e. The van der Waals surface area contributed by atoms with Gasteiger partial charge in [-0.1, -0.05) is 36.4 Å². The highest BCUT2D eigenvalue weighted by Crippen LogP contribution is 2.40. The van der Waals surface area contributed by atoms with Crippen molar-refractivity contribution in [1.82, 2.24) is 24.9 Å². The molecular formula is C27H23N9S2. The molecule has 8 N–H and O–H groups in total. The molecule has 0 amide bonds. The lowest BCUT2D eigenvalue weighted by atomic mass is 10.1. The maximum absolute atomic E-state index is 6.17. The molecule has 188 valence electrons. The topological polar surface area (TPSA) is 146 Å². The third-order valence-electron chi connectivity index (χ3n) is 6.28. The van der Waals surface area contributed by atoms with Crippen molar-refractivity contribution in [1.29, 1.82) is 0 Å². The summed E-state index contributed by atoms with van der Waals surface area (Å²) in [5.41, 5.74) is 18.8. The fraction of sp³-hybridized carbons (Fsp3) is 0. The predicted molar refractivity (Wildman–Crippen MR) is 159 cm³/mol. The molecule has 0 unspecified atom stereocenters. The van der Waals surface area contributed by atoms with Crippen LogP contribution in [0.2, 0.25) is 0 Å². The number of aromatic nitrogens is 5. The first-order valence-electron chi connectivity index (χ1n) is 11.6. The minimum absolute atomic E-state index is 0.568. The Labute approximate surface area is 229 Å².